The van der Waals surface area contributed by atoms with Crippen molar-refractivity contribution in [2.75, 3.05) is 0 Å². The molecule has 2 atom stereocenters. The molecule has 0 saturated heterocycles. The van der Waals surface area contributed by atoms with Gasteiger partial charge in [0.25, 0.3) is 0 Å². The second-order valence-corrected chi connectivity index (χ2v) is 5.25. The first-order chi connectivity index (χ1) is 5.30. The summed E-state index contributed by atoms with van der Waals surface area (Å²) in [6.45, 7) is 4.97. The van der Waals surface area contributed by atoms with Crippen molar-refractivity contribution in [2.24, 2.45) is 5.92 Å². The second-order valence-electron chi connectivity index (χ2n) is 3.54. The van der Waals surface area contributed by atoms with Gasteiger partial charge < -0.3 is 10.00 Å². The standard InChI is InChI=1S/C7H15O4P/c1-5(2)4-7(3,6(8)9)12(10)11/h5,12H,4H2,1-3H3,(H,8,9)(H,10,11). The molecule has 0 aromatic heterocycles. The van der Waals surface area contributed by atoms with Crippen LogP contribution in [0.5, 0.6) is 0 Å². The molecule has 0 heterocycles. The zero-order valence-electron chi connectivity index (χ0n) is 7.50. The van der Waals surface area contributed by atoms with Crippen molar-refractivity contribution in [1.29, 1.82) is 0 Å². The van der Waals surface area contributed by atoms with Gasteiger partial charge in [0.05, 0.1) is 0 Å². The molecule has 72 valence electrons. The average molecular weight is 194 g/mol. The van der Waals surface area contributed by atoms with E-state index in [4.69, 9.17) is 10.00 Å². The van der Waals surface area contributed by atoms with Gasteiger partial charge in [-0.15, -0.1) is 0 Å². The first-order valence-electron chi connectivity index (χ1n) is 3.77. The Labute approximate surface area is 72.5 Å². The molecule has 0 aliphatic rings. The molecule has 0 aromatic carbocycles. The fourth-order valence-corrected chi connectivity index (χ4v) is 1.85. The van der Waals surface area contributed by atoms with Gasteiger partial charge in [-0.25, -0.2) is 0 Å². The summed E-state index contributed by atoms with van der Waals surface area (Å²) in [7, 11) is -3.02. The first-order valence-corrected chi connectivity index (χ1v) is 5.13. The van der Waals surface area contributed by atoms with E-state index in [1.807, 2.05) is 13.8 Å². The van der Waals surface area contributed by atoms with Crippen molar-refractivity contribution in [3.05, 3.63) is 0 Å². The Balaban J connectivity index is 4.63. The van der Waals surface area contributed by atoms with E-state index in [0.717, 1.165) is 0 Å². The maximum absolute atomic E-state index is 10.8. The van der Waals surface area contributed by atoms with Crippen LogP contribution in [-0.4, -0.2) is 21.1 Å². The number of rotatable bonds is 4. The molecule has 0 saturated carbocycles. The van der Waals surface area contributed by atoms with E-state index in [9.17, 15) is 9.36 Å². The fourth-order valence-electron chi connectivity index (χ4n) is 1.08. The van der Waals surface area contributed by atoms with Crippen LogP contribution in [0.3, 0.4) is 0 Å². The molecule has 5 heteroatoms. The fraction of sp³-hybridized carbons (Fsp3) is 0.857. The van der Waals surface area contributed by atoms with Gasteiger partial charge in [-0.05, 0) is 19.3 Å². The predicted molar refractivity (Wildman–Crippen MR) is 46.7 cm³/mol. The molecule has 0 rings (SSSR count). The van der Waals surface area contributed by atoms with E-state index >= 15 is 0 Å². The molecule has 12 heavy (non-hydrogen) atoms. The number of hydrogen-bond acceptors (Lipinski definition) is 2. The lowest BCUT2D eigenvalue weighted by Crippen LogP contribution is -2.32. The molecule has 0 aliphatic heterocycles. The summed E-state index contributed by atoms with van der Waals surface area (Å²) in [5.74, 6) is -1.09. The monoisotopic (exact) mass is 194 g/mol. The lowest BCUT2D eigenvalue weighted by atomic mass is 9.98. The molecule has 0 fully saturated rings. The van der Waals surface area contributed by atoms with Gasteiger partial charge in [-0.2, -0.15) is 0 Å². The molecule has 4 nitrogen and oxygen atoms in total. The van der Waals surface area contributed by atoms with Crippen LogP contribution in [0.25, 0.3) is 0 Å². The summed E-state index contributed by atoms with van der Waals surface area (Å²) in [4.78, 5) is 19.5. The SMILES string of the molecule is CC(C)CC(C)(C(=O)O)[PH](=O)O. The molecule has 0 aliphatic carbocycles. The van der Waals surface area contributed by atoms with E-state index in [1.54, 1.807) is 0 Å². The molecule has 0 spiro atoms. The van der Waals surface area contributed by atoms with E-state index in [0.29, 0.717) is 0 Å². The van der Waals surface area contributed by atoms with E-state index < -0.39 is 19.2 Å². The van der Waals surface area contributed by atoms with Crippen LogP contribution in [0, 0.1) is 5.92 Å². The number of carboxylic acid groups (broad SMARTS) is 1. The normalized spacial score (nSPS) is 18.8. The minimum absolute atomic E-state index is 0.104. The Bertz CT molecular complexity index is 186. The Morgan fingerprint density at radius 1 is 1.58 bits per heavy atom. The Morgan fingerprint density at radius 2 is 2.00 bits per heavy atom. The number of aliphatic carboxylic acids is 1. The highest BCUT2D eigenvalue weighted by Crippen LogP contribution is 2.40. The highest BCUT2D eigenvalue weighted by molar-refractivity contribution is 7.41. The lowest BCUT2D eigenvalue weighted by molar-refractivity contribution is -0.140. The van der Waals surface area contributed by atoms with E-state index in [1.165, 1.54) is 6.92 Å². The Hall–Kier alpha value is -0.340. The molecule has 0 bridgehead atoms. The molecule has 2 N–H and O–H groups in total. The van der Waals surface area contributed by atoms with Gasteiger partial charge in [0.1, 0.15) is 5.16 Å². The van der Waals surface area contributed by atoms with Gasteiger partial charge in [-0.1, -0.05) is 13.8 Å². The number of carbonyl (C=O) groups is 1. The summed E-state index contributed by atoms with van der Waals surface area (Å²) in [6, 6.07) is 0. The van der Waals surface area contributed by atoms with Crippen LogP contribution in [0.1, 0.15) is 27.2 Å². The van der Waals surface area contributed by atoms with E-state index in [-0.39, 0.29) is 12.3 Å². The topological polar surface area (TPSA) is 74.6 Å². The maximum atomic E-state index is 10.8. The van der Waals surface area contributed by atoms with Gasteiger partial charge in [0.15, 0.2) is 0 Å². The van der Waals surface area contributed by atoms with Crippen LogP contribution >= 0.6 is 8.03 Å². The number of hydrogen-bond donors (Lipinski definition) is 2. The predicted octanol–water partition coefficient (Wildman–Crippen LogP) is 1.34. The van der Waals surface area contributed by atoms with Gasteiger partial charge in [0, 0.05) is 0 Å². The smallest absolute Gasteiger partial charge is 0.318 e. The summed E-state index contributed by atoms with van der Waals surface area (Å²) in [5, 5.41) is 7.26. The molecular formula is C7H15O4P. The molecule has 2 unspecified atom stereocenters. The number of carboxylic acids is 1. The van der Waals surface area contributed by atoms with Crippen molar-refractivity contribution in [3.63, 3.8) is 0 Å². The highest BCUT2D eigenvalue weighted by Gasteiger charge is 2.39. The lowest BCUT2D eigenvalue weighted by Gasteiger charge is -2.22. The highest BCUT2D eigenvalue weighted by atomic mass is 31.1. The van der Waals surface area contributed by atoms with Gasteiger partial charge >= 0.3 is 5.97 Å². The van der Waals surface area contributed by atoms with Crippen LogP contribution in [0.2, 0.25) is 0 Å². The van der Waals surface area contributed by atoms with Gasteiger partial charge in [-0.3, -0.25) is 9.36 Å². The van der Waals surface area contributed by atoms with Crippen molar-refractivity contribution < 1.29 is 19.4 Å². The Morgan fingerprint density at radius 3 is 2.08 bits per heavy atom. The van der Waals surface area contributed by atoms with Crippen molar-refractivity contribution >= 4 is 14.0 Å². The van der Waals surface area contributed by atoms with E-state index in [2.05, 4.69) is 0 Å². The maximum Gasteiger partial charge on any atom is 0.318 e. The van der Waals surface area contributed by atoms with Crippen LogP contribution in [-0.2, 0) is 9.36 Å². The minimum atomic E-state index is -3.02. The third kappa shape index (κ3) is 2.61. The van der Waals surface area contributed by atoms with Crippen molar-refractivity contribution in [3.8, 4) is 0 Å². The summed E-state index contributed by atoms with van der Waals surface area (Å²) < 4.78 is 10.8. The summed E-state index contributed by atoms with van der Waals surface area (Å²) >= 11 is 0. The van der Waals surface area contributed by atoms with Crippen molar-refractivity contribution in [1.82, 2.24) is 0 Å². The zero-order valence-corrected chi connectivity index (χ0v) is 8.50. The summed E-state index contributed by atoms with van der Waals surface area (Å²) in [5.41, 5.74) is 0. The first kappa shape index (κ1) is 11.7. The summed E-state index contributed by atoms with van der Waals surface area (Å²) in [6.07, 6.45) is 0.233. The molecule has 0 radical (unpaired) electrons. The largest absolute Gasteiger partial charge is 0.480 e. The van der Waals surface area contributed by atoms with Crippen LogP contribution < -0.4 is 0 Å². The van der Waals surface area contributed by atoms with Gasteiger partial charge in [0.2, 0.25) is 8.03 Å². The third-order valence-corrected chi connectivity index (χ3v) is 3.12. The minimum Gasteiger partial charge on any atom is -0.480 e. The molecular weight excluding hydrogens is 179 g/mol. The quantitative estimate of drug-likeness (QED) is 0.662. The molecule has 0 amide bonds. The average Bonchev–Trinajstić information content (AvgIpc) is 1.84. The van der Waals surface area contributed by atoms with Crippen LogP contribution in [0.15, 0.2) is 0 Å². The van der Waals surface area contributed by atoms with Crippen LogP contribution in [0.4, 0.5) is 0 Å². The van der Waals surface area contributed by atoms with Crippen molar-refractivity contribution in [2.45, 2.75) is 32.3 Å². The second kappa shape index (κ2) is 4.06. The third-order valence-electron chi connectivity index (χ3n) is 1.76. The molecule has 0 aromatic rings. The zero-order chi connectivity index (χ0) is 9.94. The Kier molecular flexibility index (Phi) is 3.94.